The van der Waals surface area contributed by atoms with Crippen LogP contribution in [0.2, 0.25) is 0 Å². The zero-order chi connectivity index (χ0) is 13.2. The fraction of sp³-hybridized carbons (Fsp3) is 0.263. The maximum Gasteiger partial charge on any atom is 0.00953 e. The Hall–Kier alpha value is -1.82. The largest absolute Gasteiger partial charge is 0.0871 e. The van der Waals surface area contributed by atoms with E-state index in [1.807, 2.05) is 0 Å². The van der Waals surface area contributed by atoms with Gasteiger partial charge in [0.2, 0.25) is 0 Å². The summed E-state index contributed by atoms with van der Waals surface area (Å²) in [6, 6.07) is 15.8. The lowest BCUT2D eigenvalue weighted by Gasteiger charge is -2.14. The van der Waals surface area contributed by atoms with Crippen molar-refractivity contribution in [2.75, 3.05) is 0 Å². The molecular weight excluding hydrogens is 228 g/mol. The highest BCUT2D eigenvalue weighted by Crippen LogP contribution is 2.38. The quantitative estimate of drug-likeness (QED) is 0.693. The van der Waals surface area contributed by atoms with E-state index in [0.717, 1.165) is 0 Å². The highest BCUT2D eigenvalue weighted by molar-refractivity contribution is 5.55. The molecule has 0 amide bonds. The molecule has 3 rings (SSSR count). The van der Waals surface area contributed by atoms with Gasteiger partial charge in [0.15, 0.2) is 0 Å². The van der Waals surface area contributed by atoms with Gasteiger partial charge in [0.05, 0.1) is 0 Å². The van der Waals surface area contributed by atoms with E-state index < -0.39 is 0 Å². The predicted molar refractivity (Wildman–Crippen MR) is 82.5 cm³/mol. The van der Waals surface area contributed by atoms with Crippen molar-refractivity contribution in [1.29, 1.82) is 0 Å². The average Bonchev–Trinajstić information content (AvgIpc) is 2.85. The Morgan fingerprint density at radius 1 is 1.11 bits per heavy atom. The Kier molecular flexibility index (Phi) is 3.25. The number of hydrogen-bond donors (Lipinski definition) is 0. The lowest BCUT2D eigenvalue weighted by Crippen LogP contribution is -1.97. The van der Waals surface area contributed by atoms with Gasteiger partial charge in [0.25, 0.3) is 0 Å². The third-order valence-electron chi connectivity index (χ3n) is 4.18. The van der Waals surface area contributed by atoms with Crippen molar-refractivity contribution in [2.45, 2.75) is 32.6 Å². The number of rotatable bonds is 2. The van der Waals surface area contributed by atoms with Crippen molar-refractivity contribution in [3.8, 4) is 0 Å². The van der Waals surface area contributed by atoms with Gasteiger partial charge in [0, 0.05) is 5.92 Å². The van der Waals surface area contributed by atoms with E-state index in [-0.39, 0.29) is 0 Å². The summed E-state index contributed by atoms with van der Waals surface area (Å²) in [5.74, 6) is 0.592. The van der Waals surface area contributed by atoms with Gasteiger partial charge >= 0.3 is 0 Å². The van der Waals surface area contributed by atoms with Crippen LogP contribution in [0.4, 0.5) is 0 Å². The van der Waals surface area contributed by atoms with Crippen molar-refractivity contribution in [3.63, 3.8) is 0 Å². The van der Waals surface area contributed by atoms with E-state index in [1.54, 1.807) is 0 Å². The van der Waals surface area contributed by atoms with E-state index in [2.05, 4.69) is 68.5 Å². The molecule has 96 valence electrons. The fourth-order valence-electron chi connectivity index (χ4n) is 3.19. The van der Waals surface area contributed by atoms with E-state index in [1.165, 1.54) is 40.7 Å². The van der Waals surface area contributed by atoms with Gasteiger partial charge < -0.3 is 0 Å². The van der Waals surface area contributed by atoms with Crippen LogP contribution in [0.25, 0.3) is 6.08 Å². The average molecular weight is 248 g/mol. The van der Waals surface area contributed by atoms with Crippen molar-refractivity contribution in [3.05, 3.63) is 76.4 Å². The summed E-state index contributed by atoms with van der Waals surface area (Å²) in [5.41, 5.74) is 7.23. The third-order valence-corrected chi connectivity index (χ3v) is 4.18. The minimum atomic E-state index is 0.592. The summed E-state index contributed by atoms with van der Waals surface area (Å²) in [7, 11) is 0. The molecule has 0 saturated carbocycles. The van der Waals surface area contributed by atoms with Crippen LogP contribution in [0.15, 0.2) is 48.5 Å². The van der Waals surface area contributed by atoms with Crippen molar-refractivity contribution in [1.82, 2.24) is 0 Å². The molecule has 1 aliphatic rings. The van der Waals surface area contributed by atoms with Crippen LogP contribution in [0.3, 0.4) is 0 Å². The monoisotopic (exact) mass is 248 g/mol. The number of hydrogen-bond acceptors (Lipinski definition) is 0. The SMILES string of the molecule is C/C=C\c1ccc(C2CCc3ccccc32)cc1C. The highest BCUT2D eigenvalue weighted by Gasteiger charge is 2.23. The van der Waals surface area contributed by atoms with Gasteiger partial charge in [0.1, 0.15) is 0 Å². The van der Waals surface area contributed by atoms with Gasteiger partial charge in [-0.05, 0) is 54.5 Å². The molecule has 0 bridgehead atoms. The van der Waals surface area contributed by atoms with Crippen LogP contribution in [-0.4, -0.2) is 0 Å². The predicted octanol–water partition coefficient (Wildman–Crippen LogP) is 5.11. The molecule has 0 radical (unpaired) electrons. The lowest BCUT2D eigenvalue weighted by atomic mass is 9.90. The van der Waals surface area contributed by atoms with Gasteiger partial charge in [-0.3, -0.25) is 0 Å². The van der Waals surface area contributed by atoms with Crippen LogP contribution in [0.1, 0.15) is 47.1 Å². The molecule has 1 atom stereocenters. The van der Waals surface area contributed by atoms with Crippen LogP contribution in [0, 0.1) is 6.92 Å². The smallest absolute Gasteiger partial charge is 0.00953 e. The summed E-state index contributed by atoms with van der Waals surface area (Å²) >= 11 is 0. The van der Waals surface area contributed by atoms with Gasteiger partial charge in [-0.15, -0.1) is 0 Å². The maximum atomic E-state index is 2.36. The third kappa shape index (κ3) is 2.23. The standard InChI is InChI=1S/C19H20/c1-3-6-15-9-10-17(13-14(15)2)19-12-11-16-7-4-5-8-18(16)19/h3-10,13,19H,11-12H2,1-2H3/b6-3-. The molecule has 0 spiro atoms. The van der Waals surface area contributed by atoms with E-state index >= 15 is 0 Å². The summed E-state index contributed by atoms with van der Waals surface area (Å²) < 4.78 is 0. The van der Waals surface area contributed by atoms with E-state index in [4.69, 9.17) is 0 Å². The summed E-state index contributed by atoms with van der Waals surface area (Å²) in [5, 5.41) is 0. The molecule has 0 aromatic heterocycles. The Balaban J connectivity index is 1.98. The van der Waals surface area contributed by atoms with Crippen LogP contribution in [-0.2, 0) is 6.42 Å². The second-order valence-electron chi connectivity index (χ2n) is 5.41. The first-order valence-electron chi connectivity index (χ1n) is 7.10. The first kappa shape index (κ1) is 12.2. The maximum absolute atomic E-state index is 2.36. The van der Waals surface area contributed by atoms with Gasteiger partial charge in [-0.25, -0.2) is 0 Å². The Bertz CT molecular complexity index is 620. The second-order valence-corrected chi connectivity index (χ2v) is 5.41. The molecule has 0 saturated heterocycles. The summed E-state index contributed by atoms with van der Waals surface area (Å²) in [4.78, 5) is 0. The first-order valence-corrected chi connectivity index (χ1v) is 7.10. The summed E-state index contributed by atoms with van der Waals surface area (Å²) in [6.07, 6.45) is 6.76. The number of allylic oxidation sites excluding steroid dienone is 1. The van der Waals surface area contributed by atoms with Crippen molar-refractivity contribution >= 4 is 6.08 Å². The molecule has 2 aromatic rings. The summed E-state index contributed by atoms with van der Waals surface area (Å²) in [6.45, 7) is 4.28. The molecule has 0 heterocycles. The van der Waals surface area contributed by atoms with Gasteiger partial charge in [-0.2, -0.15) is 0 Å². The molecule has 19 heavy (non-hydrogen) atoms. The molecule has 0 aliphatic heterocycles. The molecule has 0 N–H and O–H groups in total. The van der Waals surface area contributed by atoms with E-state index in [9.17, 15) is 0 Å². The van der Waals surface area contributed by atoms with Crippen LogP contribution in [0.5, 0.6) is 0 Å². The minimum absolute atomic E-state index is 0.592. The molecule has 0 nitrogen and oxygen atoms in total. The lowest BCUT2D eigenvalue weighted by molar-refractivity contribution is 0.787. The topological polar surface area (TPSA) is 0 Å². The number of fused-ring (bicyclic) bond motifs is 1. The molecule has 0 fully saturated rings. The normalized spacial score (nSPS) is 17.9. The fourth-order valence-corrected chi connectivity index (χ4v) is 3.19. The van der Waals surface area contributed by atoms with Crippen molar-refractivity contribution < 1.29 is 0 Å². The molecule has 1 unspecified atom stereocenters. The molecular formula is C19H20. The first-order chi connectivity index (χ1) is 9.29. The zero-order valence-electron chi connectivity index (χ0n) is 11.7. The number of aryl methyl sites for hydroxylation is 2. The molecule has 2 aromatic carbocycles. The second kappa shape index (κ2) is 5.05. The number of benzene rings is 2. The van der Waals surface area contributed by atoms with Gasteiger partial charge in [-0.1, -0.05) is 54.6 Å². The van der Waals surface area contributed by atoms with Crippen LogP contribution >= 0.6 is 0 Å². The zero-order valence-corrected chi connectivity index (χ0v) is 11.7. The van der Waals surface area contributed by atoms with E-state index in [0.29, 0.717) is 5.92 Å². The Labute approximate surface area is 115 Å². The molecule has 0 heteroatoms. The Morgan fingerprint density at radius 2 is 1.95 bits per heavy atom. The van der Waals surface area contributed by atoms with Crippen LogP contribution < -0.4 is 0 Å². The Morgan fingerprint density at radius 3 is 2.74 bits per heavy atom. The van der Waals surface area contributed by atoms with Crippen molar-refractivity contribution in [2.24, 2.45) is 0 Å². The minimum Gasteiger partial charge on any atom is -0.0871 e. The molecule has 1 aliphatic carbocycles. The highest BCUT2D eigenvalue weighted by atomic mass is 14.3.